The molecule has 4 heteroatoms. The van der Waals surface area contributed by atoms with Crippen LogP contribution in [0.15, 0.2) is 48.5 Å². The van der Waals surface area contributed by atoms with E-state index in [1.54, 1.807) is 31.4 Å². The monoisotopic (exact) mass is 300 g/mol. The number of hydrogen-bond donors (Lipinski definition) is 1. The Labute approximate surface area is 130 Å². The molecule has 0 saturated carbocycles. The van der Waals surface area contributed by atoms with Crippen molar-refractivity contribution in [2.24, 2.45) is 0 Å². The maximum absolute atomic E-state index is 11.5. The summed E-state index contributed by atoms with van der Waals surface area (Å²) in [4.78, 5) is 11.5. The number of methoxy groups -OCH3 is 1. The zero-order valence-corrected chi connectivity index (χ0v) is 12.8. The van der Waals surface area contributed by atoms with Crippen molar-refractivity contribution in [3.63, 3.8) is 0 Å². The third kappa shape index (κ3) is 4.25. The summed E-state index contributed by atoms with van der Waals surface area (Å²) in [6.45, 7) is 2.33. The van der Waals surface area contributed by atoms with Crippen LogP contribution in [0.25, 0.3) is 0 Å². The van der Waals surface area contributed by atoms with Gasteiger partial charge in [0.2, 0.25) is 0 Å². The molecule has 0 aliphatic heterocycles. The minimum Gasteiger partial charge on any atom is -0.497 e. The predicted octanol–water partition coefficient (Wildman–Crippen LogP) is 3.64. The molecule has 116 valence electrons. The molecule has 0 aromatic heterocycles. The summed E-state index contributed by atoms with van der Waals surface area (Å²) in [5.41, 5.74) is 1.83. The standard InChI is InChI=1S/C18H20O4/c1-13-5-3-8-16(11-13)22-10-9-17(18(19)20)14-6-4-7-15(12-14)21-2/h3-8,11-12,17H,9-10H2,1-2H3,(H,19,20). The van der Waals surface area contributed by atoms with Crippen molar-refractivity contribution >= 4 is 5.97 Å². The van der Waals surface area contributed by atoms with E-state index in [2.05, 4.69) is 0 Å². The molecule has 2 aromatic carbocycles. The van der Waals surface area contributed by atoms with Crippen LogP contribution in [0.3, 0.4) is 0 Å². The zero-order valence-electron chi connectivity index (χ0n) is 12.8. The molecular weight excluding hydrogens is 280 g/mol. The largest absolute Gasteiger partial charge is 0.497 e. The van der Waals surface area contributed by atoms with Crippen LogP contribution >= 0.6 is 0 Å². The van der Waals surface area contributed by atoms with Crippen LogP contribution < -0.4 is 9.47 Å². The summed E-state index contributed by atoms with van der Waals surface area (Å²) in [6, 6.07) is 14.9. The highest BCUT2D eigenvalue weighted by Crippen LogP contribution is 2.24. The van der Waals surface area contributed by atoms with E-state index in [0.717, 1.165) is 16.9 Å². The third-order valence-corrected chi connectivity index (χ3v) is 3.46. The van der Waals surface area contributed by atoms with Gasteiger partial charge < -0.3 is 14.6 Å². The summed E-state index contributed by atoms with van der Waals surface area (Å²) >= 11 is 0. The average Bonchev–Trinajstić information content (AvgIpc) is 2.51. The molecule has 0 saturated heterocycles. The molecule has 0 radical (unpaired) electrons. The molecule has 1 atom stereocenters. The van der Waals surface area contributed by atoms with E-state index in [-0.39, 0.29) is 0 Å². The van der Waals surface area contributed by atoms with Crippen LogP contribution in [0.4, 0.5) is 0 Å². The van der Waals surface area contributed by atoms with E-state index in [9.17, 15) is 9.90 Å². The van der Waals surface area contributed by atoms with E-state index in [1.807, 2.05) is 31.2 Å². The number of aryl methyl sites for hydroxylation is 1. The maximum Gasteiger partial charge on any atom is 0.311 e. The van der Waals surface area contributed by atoms with Crippen LogP contribution in [0.5, 0.6) is 11.5 Å². The van der Waals surface area contributed by atoms with Gasteiger partial charge in [-0.05, 0) is 48.7 Å². The third-order valence-electron chi connectivity index (χ3n) is 3.46. The van der Waals surface area contributed by atoms with Crippen LogP contribution in [0.2, 0.25) is 0 Å². The van der Waals surface area contributed by atoms with Gasteiger partial charge in [-0.1, -0.05) is 24.3 Å². The number of carboxylic acids is 1. The Morgan fingerprint density at radius 1 is 1.14 bits per heavy atom. The average molecular weight is 300 g/mol. The lowest BCUT2D eigenvalue weighted by atomic mass is 9.96. The predicted molar refractivity (Wildman–Crippen MR) is 84.7 cm³/mol. The fourth-order valence-electron chi connectivity index (χ4n) is 2.29. The molecular formula is C18H20O4. The fraction of sp³-hybridized carbons (Fsp3) is 0.278. The van der Waals surface area contributed by atoms with Gasteiger partial charge in [-0.2, -0.15) is 0 Å². The molecule has 0 aliphatic rings. The first-order chi connectivity index (χ1) is 10.6. The summed E-state index contributed by atoms with van der Waals surface area (Å²) in [5, 5.41) is 9.44. The number of rotatable bonds is 7. The van der Waals surface area contributed by atoms with Crippen LogP contribution in [-0.4, -0.2) is 24.8 Å². The Balaban J connectivity index is 2.01. The number of carbonyl (C=O) groups is 1. The van der Waals surface area contributed by atoms with E-state index in [4.69, 9.17) is 9.47 Å². The highest BCUT2D eigenvalue weighted by molar-refractivity contribution is 5.76. The maximum atomic E-state index is 11.5. The van der Waals surface area contributed by atoms with E-state index in [1.165, 1.54) is 0 Å². The van der Waals surface area contributed by atoms with Gasteiger partial charge in [0.25, 0.3) is 0 Å². The van der Waals surface area contributed by atoms with E-state index >= 15 is 0 Å². The molecule has 1 unspecified atom stereocenters. The number of aliphatic carboxylic acids is 1. The van der Waals surface area contributed by atoms with Crippen molar-refractivity contribution in [3.8, 4) is 11.5 Å². The van der Waals surface area contributed by atoms with E-state index in [0.29, 0.717) is 18.8 Å². The first-order valence-corrected chi connectivity index (χ1v) is 7.16. The van der Waals surface area contributed by atoms with Gasteiger partial charge in [0.05, 0.1) is 19.6 Å². The minimum atomic E-state index is -0.860. The molecule has 2 aromatic rings. The normalized spacial score (nSPS) is 11.7. The summed E-state index contributed by atoms with van der Waals surface area (Å²) in [7, 11) is 1.57. The summed E-state index contributed by atoms with van der Waals surface area (Å²) in [5.74, 6) is -0.0564. The SMILES string of the molecule is COc1cccc(C(CCOc2cccc(C)c2)C(=O)O)c1. The Morgan fingerprint density at radius 3 is 2.55 bits per heavy atom. The summed E-state index contributed by atoms with van der Waals surface area (Å²) < 4.78 is 10.8. The van der Waals surface area contributed by atoms with Crippen molar-refractivity contribution in [1.82, 2.24) is 0 Å². The lowest BCUT2D eigenvalue weighted by molar-refractivity contribution is -0.139. The number of ether oxygens (including phenoxy) is 2. The summed E-state index contributed by atoms with van der Waals surface area (Å²) in [6.07, 6.45) is 0.399. The lowest BCUT2D eigenvalue weighted by Gasteiger charge is -2.14. The first-order valence-electron chi connectivity index (χ1n) is 7.16. The minimum absolute atomic E-state index is 0.345. The molecule has 0 aliphatic carbocycles. The second kappa shape index (κ2) is 7.50. The molecule has 0 bridgehead atoms. The quantitative estimate of drug-likeness (QED) is 0.848. The number of benzene rings is 2. The highest BCUT2D eigenvalue weighted by Gasteiger charge is 2.20. The second-order valence-corrected chi connectivity index (χ2v) is 5.12. The molecule has 22 heavy (non-hydrogen) atoms. The van der Waals surface area contributed by atoms with Gasteiger partial charge in [-0.3, -0.25) is 4.79 Å². The smallest absolute Gasteiger partial charge is 0.311 e. The Bertz CT molecular complexity index is 636. The molecule has 0 amide bonds. The Kier molecular flexibility index (Phi) is 5.42. The van der Waals surface area contributed by atoms with Gasteiger partial charge in [-0.15, -0.1) is 0 Å². The van der Waals surface area contributed by atoms with Crippen LogP contribution in [0, 0.1) is 6.92 Å². The highest BCUT2D eigenvalue weighted by atomic mass is 16.5. The van der Waals surface area contributed by atoms with Crippen molar-refractivity contribution in [1.29, 1.82) is 0 Å². The molecule has 0 heterocycles. The second-order valence-electron chi connectivity index (χ2n) is 5.12. The van der Waals surface area contributed by atoms with Crippen molar-refractivity contribution in [2.75, 3.05) is 13.7 Å². The van der Waals surface area contributed by atoms with Gasteiger partial charge in [0.15, 0.2) is 0 Å². The first kappa shape index (κ1) is 15.9. The molecule has 2 rings (SSSR count). The molecule has 4 nitrogen and oxygen atoms in total. The van der Waals surface area contributed by atoms with Gasteiger partial charge in [-0.25, -0.2) is 0 Å². The van der Waals surface area contributed by atoms with Crippen molar-refractivity contribution in [2.45, 2.75) is 19.3 Å². The Morgan fingerprint density at radius 2 is 1.86 bits per heavy atom. The van der Waals surface area contributed by atoms with Gasteiger partial charge in [0, 0.05) is 0 Å². The molecule has 0 fully saturated rings. The fourth-order valence-corrected chi connectivity index (χ4v) is 2.29. The topological polar surface area (TPSA) is 55.8 Å². The number of carboxylic acid groups (broad SMARTS) is 1. The number of hydrogen-bond acceptors (Lipinski definition) is 3. The van der Waals surface area contributed by atoms with Crippen LogP contribution in [-0.2, 0) is 4.79 Å². The van der Waals surface area contributed by atoms with E-state index < -0.39 is 11.9 Å². The molecule has 1 N–H and O–H groups in total. The lowest BCUT2D eigenvalue weighted by Crippen LogP contribution is -2.15. The van der Waals surface area contributed by atoms with Crippen molar-refractivity contribution < 1.29 is 19.4 Å². The van der Waals surface area contributed by atoms with Crippen LogP contribution in [0.1, 0.15) is 23.5 Å². The van der Waals surface area contributed by atoms with Gasteiger partial charge >= 0.3 is 5.97 Å². The Hall–Kier alpha value is -2.49. The van der Waals surface area contributed by atoms with Gasteiger partial charge in [0.1, 0.15) is 11.5 Å². The van der Waals surface area contributed by atoms with Crippen molar-refractivity contribution in [3.05, 3.63) is 59.7 Å². The molecule has 0 spiro atoms. The zero-order chi connectivity index (χ0) is 15.9.